The Morgan fingerprint density at radius 3 is 2.72 bits per heavy atom. The number of esters is 1. The number of carbonyl (C=O) groups excluding carboxylic acids is 2. The van der Waals surface area contributed by atoms with Crippen LogP contribution in [-0.4, -0.2) is 25.8 Å². The number of rotatable bonds is 3. The van der Waals surface area contributed by atoms with E-state index in [9.17, 15) is 9.59 Å². The summed E-state index contributed by atoms with van der Waals surface area (Å²) < 4.78 is 15.1. The molecule has 0 fully saturated rings. The highest BCUT2D eigenvalue weighted by molar-refractivity contribution is 5.84. The zero-order valence-corrected chi connectivity index (χ0v) is 10.1. The van der Waals surface area contributed by atoms with Gasteiger partial charge in [0.2, 0.25) is 12.7 Å². The minimum absolute atomic E-state index is 0.155. The summed E-state index contributed by atoms with van der Waals surface area (Å²) in [4.78, 5) is 22.7. The smallest absolute Gasteiger partial charge is 0.333 e. The predicted molar refractivity (Wildman–Crippen MR) is 61.1 cm³/mol. The van der Waals surface area contributed by atoms with Crippen molar-refractivity contribution < 1.29 is 23.8 Å². The molecule has 1 N–H and O–H groups in total. The highest BCUT2D eigenvalue weighted by Crippen LogP contribution is 2.34. The maximum absolute atomic E-state index is 11.6. The highest BCUT2D eigenvalue weighted by Gasteiger charge is 2.24. The van der Waals surface area contributed by atoms with Gasteiger partial charge in [0.1, 0.15) is 0 Å². The van der Waals surface area contributed by atoms with Crippen LogP contribution in [-0.2, 0) is 14.3 Å². The third-order valence-corrected chi connectivity index (χ3v) is 2.51. The number of fused-ring (bicyclic) bond motifs is 1. The van der Waals surface area contributed by atoms with E-state index in [1.54, 1.807) is 18.2 Å². The van der Waals surface area contributed by atoms with Crippen molar-refractivity contribution in [2.75, 3.05) is 13.9 Å². The van der Waals surface area contributed by atoms with Gasteiger partial charge in [0.25, 0.3) is 0 Å². The number of nitrogens with one attached hydrogen (secondary N) is 1. The molecule has 1 atom stereocenters. The molecule has 0 radical (unpaired) electrons. The first kappa shape index (κ1) is 12.2. The van der Waals surface area contributed by atoms with E-state index in [1.807, 2.05) is 0 Å². The van der Waals surface area contributed by atoms with E-state index in [1.165, 1.54) is 14.0 Å². The Labute approximate surface area is 104 Å². The molecule has 6 heteroatoms. The topological polar surface area (TPSA) is 73.9 Å². The molecule has 0 aromatic heterocycles. The lowest BCUT2D eigenvalue weighted by Gasteiger charge is -2.16. The maximum atomic E-state index is 11.6. The Hall–Kier alpha value is -2.24. The number of hydrogen-bond donors (Lipinski definition) is 1. The first-order valence-corrected chi connectivity index (χ1v) is 5.36. The first-order valence-electron chi connectivity index (χ1n) is 5.36. The number of benzene rings is 1. The molecule has 1 aliphatic heterocycles. The summed E-state index contributed by atoms with van der Waals surface area (Å²) >= 11 is 0. The number of hydrogen-bond acceptors (Lipinski definition) is 5. The summed E-state index contributed by atoms with van der Waals surface area (Å²) in [5.41, 5.74) is 0.585. The van der Waals surface area contributed by atoms with Crippen molar-refractivity contribution in [2.45, 2.75) is 13.0 Å². The molecule has 0 saturated heterocycles. The molecule has 6 nitrogen and oxygen atoms in total. The van der Waals surface area contributed by atoms with Crippen LogP contribution < -0.4 is 14.8 Å². The van der Waals surface area contributed by atoms with E-state index in [0.29, 0.717) is 17.1 Å². The SMILES string of the molecule is COC(=O)C(NC(C)=O)c1ccc2c(c1)OCO2. The van der Waals surface area contributed by atoms with Crippen molar-refractivity contribution in [3.05, 3.63) is 23.8 Å². The van der Waals surface area contributed by atoms with Gasteiger partial charge in [-0.3, -0.25) is 4.79 Å². The Morgan fingerprint density at radius 2 is 2.06 bits per heavy atom. The Bertz CT molecular complexity index is 485. The van der Waals surface area contributed by atoms with Crippen LogP contribution in [0.15, 0.2) is 18.2 Å². The minimum Gasteiger partial charge on any atom is -0.467 e. The molecule has 1 unspecified atom stereocenters. The number of carbonyl (C=O) groups is 2. The van der Waals surface area contributed by atoms with Gasteiger partial charge in [-0.05, 0) is 17.7 Å². The van der Waals surface area contributed by atoms with Crippen molar-refractivity contribution in [3.8, 4) is 11.5 Å². The fourth-order valence-corrected chi connectivity index (χ4v) is 1.69. The van der Waals surface area contributed by atoms with Crippen LogP contribution in [0.4, 0.5) is 0 Å². The molecule has 0 bridgehead atoms. The Morgan fingerprint density at radius 1 is 1.33 bits per heavy atom. The first-order chi connectivity index (χ1) is 8.61. The third-order valence-electron chi connectivity index (χ3n) is 2.51. The molecule has 18 heavy (non-hydrogen) atoms. The Kier molecular flexibility index (Phi) is 3.36. The summed E-state index contributed by atoms with van der Waals surface area (Å²) in [6, 6.07) is 4.18. The molecule has 0 aliphatic carbocycles. The molecule has 0 saturated carbocycles. The van der Waals surface area contributed by atoms with Crippen molar-refractivity contribution in [1.29, 1.82) is 0 Å². The van der Waals surface area contributed by atoms with Gasteiger partial charge >= 0.3 is 5.97 Å². The molecule has 0 spiro atoms. The molecule has 1 aliphatic rings. The van der Waals surface area contributed by atoms with Gasteiger partial charge in [-0.15, -0.1) is 0 Å². The molecular formula is C12H13NO5. The van der Waals surface area contributed by atoms with Gasteiger partial charge < -0.3 is 19.5 Å². The van der Waals surface area contributed by atoms with E-state index >= 15 is 0 Å². The summed E-state index contributed by atoms with van der Waals surface area (Å²) in [5.74, 6) is 0.309. The van der Waals surface area contributed by atoms with Crippen molar-refractivity contribution in [3.63, 3.8) is 0 Å². The molecule has 1 amide bonds. The lowest BCUT2D eigenvalue weighted by Crippen LogP contribution is -2.32. The maximum Gasteiger partial charge on any atom is 0.333 e. The normalized spacial score (nSPS) is 13.9. The Balaban J connectivity index is 2.30. The van der Waals surface area contributed by atoms with Gasteiger partial charge in [0, 0.05) is 6.92 Å². The van der Waals surface area contributed by atoms with E-state index in [4.69, 9.17) is 9.47 Å². The average molecular weight is 251 g/mol. The van der Waals surface area contributed by atoms with Crippen LogP contribution >= 0.6 is 0 Å². The van der Waals surface area contributed by atoms with Gasteiger partial charge in [-0.25, -0.2) is 4.79 Å². The van der Waals surface area contributed by atoms with Crippen LogP contribution in [0.3, 0.4) is 0 Å². The zero-order chi connectivity index (χ0) is 13.1. The standard InChI is InChI=1S/C12H13NO5/c1-7(14)13-11(12(15)16-2)8-3-4-9-10(5-8)18-6-17-9/h3-5,11H,6H2,1-2H3,(H,13,14). The van der Waals surface area contributed by atoms with E-state index in [0.717, 1.165) is 0 Å². The zero-order valence-electron chi connectivity index (χ0n) is 10.1. The summed E-state index contributed by atoms with van der Waals surface area (Å²) in [5, 5.41) is 2.53. The van der Waals surface area contributed by atoms with Crippen LogP contribution in [0.25, 0.3) is 0 Å². The molecule has 1 aromatic carbocycles. The fraction of sp³-hybridized carbons (Fsp3) is 0.333. The van der Waals surface area contributed by atoms with Crippen molar-refractivity contribution >= 4 is 11.9 Å². The number of ether oxygens (including phenoxy) is 3. The van der Waals surface area contributed by atoms with Crippen LogP contribution in [0.5, 0.6) is 11.5 Å². The lowest BCUT2D eigenvalue weighted by atomic mass is 10.1. The van der Waals surface area contributed by atoms with E-state index in [-0.39, 0.29) is 12.7 Å². The summed E-state index contributed by atoms with van der Waals surface area (Å²) in [7, 11) is 1.27. The quantitative estimate of drug-likeness (QED) is 0.803. The third kappa shape index (κ3) is 2.37. The molecular weight excluding hydrogens is 238 g/mol. The van der Waals surface area contributed by atoms with Crippen LogP contribution in [0.1, 0.15) is 18.5 Å². The predicted octanol–water partition coefficient (Wildman–Crippen LogP) is 0.765. The van der Waals surface area contributed by atoms with E-state index < -0.39 is 12.0 Å². The molecule has 1 aromatic rings. The second kappa shape index (κ2) is 4.95. The van der Waals surface area contributed by atoms with Gasteiger partial charge in [-0.1, -0.05) is 6.07 Å². The molecule has 2 rings (SSSR count). The van der Waals surface area contributed by atoms with Crippen LogP contribution in [0.2, 0.25) is 0 Å². The minimum atomic E-state index is -0.845. The monoisotopic (exact) mass is 251 g/mol. The van der Waals surface area contributed by atoms with Gasteiger partial charge in [0.05, 0.1) is 7.11 Å². The summed E-state index contributed by atoms with van der Waals surface area (Å²) in [6.45, 7) is 1.49. The van der Waals surface area contributed by atoms with Gasteiger partial charge in [0.15, 0.2) is 17.5 Å². The largest absolute Gasteiger partial charge is 0.467 e. The van der Waals surface area contributed by atoms with Gasteiger partial charge in [-0.2, -0.15) is 0 Å². The summed E-state index contributed by atoms with van der Waals surface area (Å²) in [6.07, 6.45) is 0. The van der Waals surface area contributed by atoms with Crippen molar-refractivity contribution in [1.82, 2.24) is 5.32 Å². The fourth-order valence-electron chi connectivity index (χ4n) is 1.69. The molecule has 96 valence electrons. The van der Waals surface area contributed by atoms with Crippen molar-refractivity contribution in [2.24, 2.45) is 0 Å². The second-order valence-electron chi connectivity index (χ2n) is 3.77. The lowest BCUT2D eigenvalue weighted by molar-refractivity contribution is -0.145. The average Bonchev–Trinajstić information content (AvgIpc) is 2.81. The van der Waals surface area contributed by atoms with Crippen LogP contribution in [0, 0.1) is 0 Å². The van der Waals surface area contributed by atoms with E-state index in [2.05, 4.69) is 10.1 Å². The number of amides is 1. The number of methoxy groups -OCH3 is 1. The molecule has 1 heterocycles. The highest BCUT2D eigenvalue weighted by atomic mass is 16.7. The second-order valence-corrected chi connectivity index (χ2v) is 3.77.